The average Bonchev–Trinajstić information content (AvgIpc) is 3.00. The fourth-order valence-electron chi connectivity index (χ4n) is 1.67. The lowest BCUT2D eigenvalue weighted by atomic mass is 10.3. The van der Waals surface area contributed by atoms with Gasteiger partial charge in [0.15, 0.2) is 5.69 Å². The minimum absolute atomic E-state index is 0.104. The number of urea groups is 1. The van der Waals surface area contributed by atoms with Crippen LogP contribution in [0.2, 0.25) is 0 Å². The number of carbonyl (C=O) groups is 2. The van der Waals surface area contributed by atoms with Crippen LogP contribution in [0.15, 0.2) is 6.20 Å². The summed E-state index contributed by atoms with van der Waals surface area (Å²) in [4.78, 5) is 22.1. The number of amides is 2. The molecule has 1 saturated heterocycles. The molecule has 1 fully saturated rings. The summed E-state index contributed by atoms with van der Waals surface area (Å²) in [5, 5.41) is 21.4. The van der Waals surface area contributed by atoms with E-state index in [9.17, 15) is 9.59 Å². The van der Waals surface area contributed by atoms with E-state index >= 15 is 0 Å². The molecule has 0 saturated carbocycles. The number of carboxylic acids is 1. The summed E-state index contributed by atoms with van der Waals surface area (Å²) in [5.41, 5.74) is -0.104. The predicted molar refractivity (Wildman–Crippen MR) is 69.2 cm³/mol. The molecule has 0 bridgehead atoms. The van der Waals surface area contributed by atoms with Crippen LogP contribution in [0.4, 0.5) is 4.79 Å². The Morgan fingerprint density at radius 2 is 2.42 bits per heavy atom. The molecule has 1 atom stereocenters. The number of aromatic carboxylic acids is 1. The molecule has 9 heteroatoms. The van der Waals surface area contributed by atoms with Crippen molar-refractivity contribution in [3.05, 3.63) is 11.9 Å². The Morgan fingerprint density at radius 1 is 1.58 bits per heavy atom. The summed E-state index contributed by atoms with van der Waals surface area (Å²) < 4.78 is 1.38. The van der Waals surface area contributed by atoms with E-state index in [-0.39, 0.29) is 17.8 Å². The normalized spacial score (nSPS) is 18.2. The quantitative estimate of drug-likeness (QED) is 0.690. The van der Waals surface area contributed by atoms with Crippen molar-refractivity contribution in [1.29, 1.82) is 0 Å². The van der Waals surface area contributed by atoms with Gasteiger partial charge in [-0.15, -0.1) is 5.10 Å². The zero-order chi connectivity index (χ0) is 13.7. The molecule has 1 aromatic heterocycles. The first kappa shape index (κ1) is 13.7. The van der Waals surface area contributed by atoms with Gasteiger partial charge in [-0.3, -0.25) is 0 Å². The number of thioether (sulfide) groups is 1. The molecule has 2 heterocycles. The van der Waals surface area contributed by atoms with Crippen molar-refractivity contribution in [2.75, 3.05) is 18.1 Å². The molecule has 1 unspecified atom stereocenters. The third-order valence-electron chi connectivity index (χ3n) is 2.65. The van der Waals surface area contributed by atoms with Crippen LogP contribution in [-0.4, -0.2) is 56.2 Å². The van der Waals surface area contributed by atoms with Crippen molar-refractivity contribution < 1.29 is 14.7 Å². The first-order valence-electron chi connectivity index (χ1n) is 5.90. The summed E-state index contributed by atoms with van der Waals surface area (Å²) in [6.07, 6.45) is 2.33. The summed E-state index contributed by atoms with van der Waals surface area (Å²) in [5.74, 6) is 0.927. The van der Waals surface area contributed by atoms with Crippen LogP contribution >= 0.6 is 11.8 Å². The second kappa shape index (κ2) is 6.41. The number of rotatable bonds is 5. The maximum Gasteiger partial charge on any atom is 0.358 e. The van der Waals surface area contributed by atoms with E-state index in [1.165, 1.54) is 10.9 Å². The minimum Gasteiger partial charge on any atom is -0.476 e. The van der Waals surface area contributed by atoms with E-state index in [1.807, 2.05) is 11.8 Å². The maximum atomic E-state index is 11.5. The van der Waals surface area contributed by atoms with Gasteiger partial charge in [0.1, 0.15) is 0 Å². The second-order valence-corrected chi connectivity index (χ2v) is 5.28. The van der Waals surface area contributed by atoms with Gasteiger partial charge in [-0.1, -0.05) is 5.21 Å². The molecule has 0 aliphatic carbocycles. The van der Waals surface area contributed by atoms with Gasteiger partial charge in [0.2, 0.25) is 0 Å². The molecule has 19 heavy (non-hydrogen) atoms. The molecular formula is C10H15N5O3S. The van der Waals surface area contributed by atoms with Gasteiger partial charge < -0.3 is 15.7 Å². The highest BCUT2D eigenvalue weighted by atomic mass is 32.2. The molecule has 0 radical (unpaired) electrons. The fraction of sp³-hybridized carbons (Fsp3) is 0.600. The van der Waals surface area contributed by atoms with Crippen molar-refractivity contribution in [3.63, 3.8) is 0 Å². The number of nitrogens with one attached hydrogen (secondary N) is 2. The molecule has 104 valence electrons. The largest absolute Gasteiger partial charge is 0.476 e. The summed E-state index contributed by atoms with van der Waals surface area (Å²) >= 11 is 1.83. The number of carbonyl (C=O) groups excluding carboxylic acids is 1. The Morgan fingerprint density at radius 3 is 3.05 bits per heavy atom. The lowest BCUT2D eigenvalue weighted by molar-refractivity contribution is 0.0690. The number of carboxylic acid groups (broad SMARTS) is 1. The van der Waals surface area contributed by atoms with E-state index in [0.29, 0.717) is 13.1 Å². The molecule has 1 aliphatic rings. The molecule has 3 N–H and O–H groups in total. The lowest BCUT2D eigenvalue weighted by Crippen LogP contribution is -2.43. The topological polar surface area (TPSA) is 109 Å². The number of aromatic nitrogens is 3. The van der Waals surface area contributed by atoms with E-state index in [0.717, 1.165) is 17.9 Å². The SMILES string of the molecule is O=C(NCCn1cc(C(=O)O)nn1)NC1CCSC1. The maximum absolute atomic E-state index is 11.5. The third-order valence-corrected chi connectivity index (χ3v) is 3.81. The molecule has 0 spiro atoms. The lowest BCUT2D eigenvalue weighted by Gasteiger charge is -2.12. The van der Waals surface area contributed by atoms with Gasteiger partial charge in [-0.05, 0) is 12.2 Å². The van der Waals surface area contributed by atoms with Gasteiger partial charge in [-0.25, -0.2) is 14.3 Å². The Kier molecular flexibility index (Phi) is 4.61. The predicted octanol–water partition coefficient (Wildman–Crippen LogP) is -0.219. The van der Waals surface area contributed by atoms with E-state index in [4.69, 9.17) is 5.11 Å². The van der Waals surface area contributed by atoms with Gasteiger partial charge in [-0.2, -0.15) is 11.8 Å². The molecule has 1 aliphatic heterocycles. The number of hydrogen-bond donors (Lipinski definition) is 3. The Bertz CT molecular complexity index is 458. The molecule has 1 aromatic rings. The zero-order valence-corrected chi connectivity index (χ0v) is 11.0. The van der Waals surface area contributed by atoms with Crippen LogP contribution in [0.5, 0.6) is 0 Å². The van der Waals surface area contributed by atoms with E-state index in [1.54, 1.807) is 0 Å². The smallest absolute Gasteiger partial charge is 0.358 e. The van der Waals surface area contributed by atoms with Crippen molar-refractivity contribution in [2.45, 2.75) is 19.0 Å². The molecule has 8 nitrogen and oxygen atoms in total. The van der Waals surface area contributed by atoms with Gasteiger partial charge in [0.25, 0.3) is 0 Å². The monoisotopic (exact) mass is 285 g/mol. The first-order valence-corrected chi connectivity index (χ1v) is 7.06. The molecular weight excluding hydrogens is 270 g/mol. The van der Waals surface area contributed by atoms with Gasteiger partial charge in [0, 0.05) is 18.3 Å². The van der Waals surface area contributed by atoms with E-state index < -0.39 is 5.97 Å². The Hall–Kier alpha value is -1.77. The van der Waals surface area contributed by atoms with Crippen LogP contribution in [0.3, 0.4) is 0 Å². The first-order chi connectivity index (χ1) is 9.15. The molecule has 0 aromatic carbocycles. The highest BCUT2D eigenvalue weighted by Gasteiger charge is 2.17. The van der Waals surface area contributed by atoms with Crippen LogP contribution in [0.1, 0.15) is 16.9 Å². The Labute approximate surface area is 113 Å². The fourth-order valence-corrected chi connectivity index (χ4v) is 2.83. The highest BCUT2D eigenvalue weighted by Crippen LogP contribution is 2.16. The van der Waals surface area contributed by atoms with Crippen molar-refractivity contribution in [2.24, 2.45) is 0 Å². The van der Waals surface area contributed by atoms with Crippen LogP contribution in [0.25, 0.3) is 0 Å². The van der Waals surface area contributed by atoms with Gasteiger partial charge >= 0.3 is 12.0 Å². The minimum atomic E-state index is -1.12. The van der Waals surface area contributed by atoms with Crippen LogP contribution < -0.4 is 10.6 Å². The number of hydrogen-bond acceptors (Lipinski definition) is 5. The summed E-state index contributed by atoms with van der Waals surface area (Å²) in [6.45, 7) is 0.751. The number of nitrogens with zero attached hydrogens (tertiary/aromatic N) is 3. The van der Waals surface area contributed by atoms with Crippen LogP contribution in [-0.2, 0) is 6.54 Å². The summed E-state index contributed by atoms with van der Waals surface area (Å²) in [7, 11) is 0. The van der Waals surface area contributed by atoms with Gasteiger partial charge in [0.05, 0.1) is 12.7 Å². The molecule has 2 rings (SSSR count). The zero-order valence-electron chi connectivity index (χ0n) is 10.2. The van der Waals surface area contributed by atoms with E-state index in [2.05, 4.69) is 20.9 Å². The van der Waals surface area contributed by atoms with Crippen molar-refractivity contribution in [3.8, 4) is 0 Å². The summed E-state index contributed by atoms with van der Waals surface area (Å²) in [6, 6.07) is 0.0426. The Balaban J connectivity index is 1.67. The van der Waals surface area contributed by atoms with Crippen molar-refractivity contribution >= 4 is 23.8 Å². The highest BCUT2D eigenvalue weighted by molar-refractivity contribution is 7.99. The third kappa shape index (κ3) is 4.12. The van der Waals surface area contributed by atoms with Crippen LogP contribution in [0, 0.1) is 0 Å². The second-order valence-electron chi connectivity index (χ2n) is 4.13. The average molecular weight is 285 g/mol. The molecule has 2 amide bonds. The van der Waals surface area contributed by atoms with Crippen molar-refractivity contribution in [1.82, 2.24) is 25.6 Å². The standard InChI is InChI=1S/C10H15N5O3S/c16-9(17)8-5-15(14-13-8)3-2-11-10(18)12-7-1-4-19-6-7/h5,7H,1-4,6H2,(H,16,17)(H2,11,12,18).